The predicted octanol–water partition coefficient (Wildman–Crippen LogP) is 2.93. The van der Waals surface area contributed by atoms with Crippen LogP contribution in [0.4, 0.5) is 0 Å². The summed E-state index contributed by atoms with van der Waals surface area (Å²) in [5, 5.41) is 4.43. The van der Waals surface area contributed by atoms with Crippen molar-refractivity contribution in [1.29, 1.82) is 0 Å². The Labute approximate surface area is 149 Å². The molecule has 0 unspecified atom stereocenters. The van der Waals surface area contributed by atoms with Crippen molar-refractivity contribution in [2.75, 3.05) is 32.6 Å². The molecule has 2 rings (SSSR count). The Morgan fingerprint density at radius 2 is 1.70 bits per heavy atom. The zero-order valence-electron chi connectivity index (χ0n) is 13.8. The van der Waals surface area contributed by atoms with Crippen molar-refractivity contribution in [2.24, 2.45) is 0 Å². The molecule has 8 heteroatoms. The summed E-state index contributed by atoms with van der Waals surface area (Å²) in [5.41, 5.74) is 0. The fourth-order valence-corrected chi connectivity index (χ4v) is 2.67. The van der Waals surface area contributed by atoms with Crippen LogP contribution in [0, 0.1) is 0 Å². The minimum atomic E-state index is -2.97. The molecule has 0 saturated carbocycles. The summed E-state index contributed by atoms with van der Waals surface area (Å²) in [6, 6.07) is 7.20. The molecule has 1 fully saturated rings. The second-order valence-corrected chi connectivity index (χ2v) is 7.77. The molecule has 0 atom stereocenters. The van der Waals surface area contributed by atoms with Gasteiger partial charge < -0.3 is 10.1 Å². The number of rotatable bonds is 2. The zero-order chi connectivity index (χ0) is 17.7. The lowest BCUT2D eigenvalue weighted by atomic mass is 10.4. The summed E-state index contributed by atoms with van der Waals surface area (Å²) in [7, 11) is -2.97. The standard InChI is InChI=1S/C6H4Cl2.C5H11NO.C4H11NO2S/c7-5-3-1-2-4-6(5)8;1-2-6-3-5-7-4-1;1-4(2)5-8(3,6)7/h1-4H;6H,1-5H2;4-5H,1-3H3. The smallest absolute Gasteiger partial charge is 0.208 e. The van der Waals surface area contributed by atoms with Gasteiger partial charge in [0, 0.05) is 19.2 Å². The number of benzene rings is 1. The molecule has 1 aromatic carbocycles. The van der Waals surface area contributed by atoms with Gasteiger partial charge in [-0.15, -0.1) is 0 Å². The first kappa shape index (κ1) is 22.6. The molecule has 0 radical (unpaired) electrons. The largest absolute Gasteiger partial charge is 0.380 e. The molecule has 1 aliphatic rings. The lowest BCUT2D eigenvalue weighted by Gasteiger charge is -2.02. The average molecular weight is 385 g/mol. The Bertz CT molecular complexity index is 485. The van der Waals surface area contributed by atoms with E-state index >= 15 is 0 Å². The van der Waals surface area contributed by atoms with Crippen molar-refractivity contribution in [3.63, 3.8) is 0 Å². The minimum Gasteiger partial charge on any atom is -0.380 e. The van der Waals surface area contributed by atoms with Gasteiger partial charge in [0.15, 0.2) is 0 Å². The summed E-state index contributed by atoms with van der Waals surface area (Å²) in [6.45, 7) is 7.54. The molecule has 0 aromatic heterocycles. The van der Waals surface area contributed by atoms with Gasteiger partial charge in [-0.05, 0) is 38.9 Å². The topological polar surface area (TPSA) is 67.4 Å². The van der Waals surface area contributed by atoms with E-state index in [1.54, 1.807) is 26.0 Å². The van der Waals surface area contributed by atoms with Crippen molar-refractivity contribution in [1.82, 2.24) is 10.0 Å². The second-order valence-electron chi connectivity index (χ2n) is 5.17. The maximum atomic E-state index is 10.3. The van der Waals surface area contributed by atoms with Crippen molar-refractivity contribution >= 4 is 33.2 Å². The third kappa shape index (κ3) is 16.3. The highest BCUT2D eigenvalue weighted by molar-refractivity contribution is 7.88. The summed E-state index contributed by atoms with van der Waals surface area (Å²) < 4.78 is 28.1. The van der Waals surface area contributed by atoms with Gasteiger partial charge in [-0.1, -0.05) is 35.3 Å². The number of hydrogen-bond donors (Lipinski definition) is 2. The van der Waals surface area contributed by atoms with Crippen LogP contribution in [0.1, 0.15) is 20.3 Å². The Morgan fingerprint density at radius 1 is 1.13 bits per heavy atom. The molecule has 1 heterocycles. The summed E-state index contributed by atoms with van der Waals surface area (Å²) >= 11 is 11.2. The van der Waals surface area contributed by atoms with E-state index in [4.69, 9.17) is 27.9 Å². The maximum absolute atomic E-state index is 10.3. The van der Waals surface area contributed by atoms with E-state index in [1.165, 1.54) is 6.42 Å². The van der Waals surface area contributed by atoms with Crippen molar-refractivity contribution in [2.45, 2.75) is 26.3 Å². The predicted molar refractivity (Wildman–Crippen MR) is 97.9 cm³/mol. The van der Waals surface area contributed by atoms with Crippen LogP contribution in [0.5, 0.6) is 0 Å². The minimum absolute atomic E-state index is 0.00463. The van der Waals surface area contributed by atoms with Gasteiger partial charge in [0.2, 0.25) is 10.0 Å². The Morgan fingerprint density at radius 3 is 2.09 bits per heavy atom. The van der Waals surface area contributed by atoms with Gasteiger partial charge >= 0.3 is 0 Å². The van der Waals surface area contributed by atoms with Crippen LogP contribution in [-0.2, 0) is 14.8 Å². The third-order valence-corrected chi connectivity index (χ3v) is 4.00. The molecule has 0 amide bonds. The number of halogens is 2. The molecule has 0 aliphatic carbocycles. The van der Waals surface area contributed by atoms with Crippen molar-refractivity contribution < 1.29 is 13.2 Å². The fourth-order valence-electron chi connectivity index (χ4n) is 1.54. The number of hydrogen-bond acceptors (Lipinski definition) is 4. The van der Waals surface area contributed by atoms with E-state index in [2.05, 4.69) is 10.0 Å². The van der Waals surface area contributed by atoms with E-state index in [0.717, 1.165) is 32.6 Å². The van der Waals surface area contributed by atoms with Crippen molar-refractivity contribution in [3.8, 4) is 0 Å². The Kier molecular flexibility index (Phi) is 12.8. The van der Waals surface area contributed by atoms with Crippen LogP contribution in [0.3, 0.4) is 0 Å². The summed E-state index contributed by atoms with van der Waals surface area (Å²) in [4.78, 5) is 0. The molecular weight excluding hydrogens is 359 g/mol. The molecule has 134 valence electrons. The van der Waals surface area contributed by atoms with E-state index in [-0.39, 0.29) is 6.04 Å². The highest BCUT2D eigenvalue weighted by atomic mass is 35.5. The highest BCUT2D eigenvalue weighted by Gasteiger charge is 2.00. The molecule has 5 nitrogen and oxygen atoms in total. The average Bonchev–Trinajstić information content (AvgIpc) is 2.73. The second kappa shape index (κ2) is 13.0. The van der Waals surface area contributed by atoms with Crippen LogP contribution in [-0.4, -0.2) is 47.0 Å². The van der Waals surface area contributed by atoms with Gasteiger partial charge in [0.05, 0.1) is 22.9 Å². The van der Waals surface area contributed by atoms with Crippen LogP contribution in [0.15, 0.2) is 24.3 Å². The van der Waals surface area contributed by atoms with Gasteiger partial charge in [-0.25, -0.2) is 13.1 Å². The lowest BCUT2D eigenvalue weighted by molar-refractivity contribution is 0.151. The molecule has 1 saturated heterocycles. The summed E-state index contributed by atoms with van der Waals surface area (Å²) in [5.74, 6) is 0. The third-order valence-electron chi connectivity index (χ3n) is 2.34. The van der Waals surface area contributed by atoms with Gasteiger partial charge in [0.25, 0.3) is 0 Å². The van der Waals surface area contributed by atoms with Gasteiger partial charge in [-0.2, -0.15) is 0 Å². The first-order valence-corrected chi connectivity index (χ1v) is 10.0. The van der Waals surface area contributed by atoms with Crippen LogP contribution < -0.4 is 10.0 Å². The Hall–Kier alpha value is -0.370. The van der Waals surface area contributed by atoms with Crippen LogP contribution in [0.2, 0.25) is 10.0 Å². The van der Waals surface area contributed by atoms with Gasteiger partial charge in [0.1, 0.15) is 0 Å². The van der Waals surface area contributed by atoms with Crippen molar-refractivity contribution in [3.05, 3.63) is 34.3 Å². The zero-order valence-corrected chi connectivity index (χ0v) is 16.1. The van der Waals surface area contributed by atoms with E-state index in [9.17, 15) is 8.42 Å². The van der Waals surface area contributed by atoms with Crippen LogP contribution >= 0.6 is 23.2 Å². The normalized spacial score (nSPS) is 14.9. The quantitative estimate of drug-likeness (QED) is 0.822. The number of sulfonamides is 1. The van der Waals surface area contributed by atoms with E-state index in [0.29, 0.717) is 10.0 Å². The molecule has 2 N–H and O–H groups in total. The SMILES string of the molecule is C1CNCCOC1.CC(C)NS(C)(=O)=O.Clc1ccccc1Cl. The summed E-state index contributed by atoms with van der Waals surface area (Å²) in [6.07, 6.45) is 2.31. The first-order chi connectivity index (χ1) is 10.7. The molecule has 1 aromatic rings. The molecule has 0 bridgehead atoms. The first-order valence-electron chi connectivity index (χ1n) is 7.38. The number of ether oxygens (including phenoxy) is 1. The van der Waals surface area contributed by atoms with E-state index < -0.39 is 10.0 Å². The van der Waals surface area contributed by atoms with Gasteiger partial charge in [-0.3, -0.25) is 0 Å². The highest BCUT2D eigenvalue weighted by Crippen LogP contribution is 2.19. The molecule has 1 aliphatic heterocycles. The lowest BCUT2D eigenvalue weighted by Crippen LogP contribution is -2.28. The van der Waals surface area contributed by atoms with Crippen LogP contribution in [0.25, 0.3) is 0 Å². The molecular formula is C15H26Cl2N2O3S. The maximum Gasteiger partial charge on any atom is 0.208 e. The van der Waals surface area contributed by atoms with E-state index in [1.807, 2.05) is 12.1 Å². The Balaban J connectivity index is 0.000000316. The number of nitrogens with one attached hydrogen (secondary N) is 2. The molecule has 0 spiro atoms. The monoisotopic (exact) mass is 384 g/mol. The molecule has 23 heavy (non-hydrogen) atoms. The fraction of sp³-hybridized carbons (Fsp3) is 0.600.